The molecule has 2 fully saturated rings. The molecular weight excluding hydrogens is 226 g/mol. The van der Waals surface area contributed by atoms with Crippen LogP contribution in [-0.2, 0) is 4.79 Å². The van der Waals surface area contributed by atoms with Crippen molar-refractivity contribution in [2.45, 2.75) is 65.0 Å². The first-order valence-corrected chi connectivity index (χ1v) is 7.49. The van der Waals surface area contributed by atoms with Crippen LogP contribution in [-0.4, -0.2) is 34.6 Å². The normalized spacial score (nSPS) is 38.2. The van der Waals surface area contributed by atoms with Crippen molar-refractivity contribution < 1.29 is 9.90 Å². The molecule has 1 aliphatic carbocycles. The molecule has 1 aliphatic heterocycles. The van der Waals surface area contributed by atoms with Crippen LogP contribution in [0, 0.1) is 17.8 Å². The zero-order valence-corrected chi connectivity index (χ0v) is 11.9. The highest BCUT2D eigenvalue weighted by Crippen LogP contribution is 2.36. The SMILES string of the molecule is CC(C)C1CCC(N2CCC(C)C2C(=O)O)CC1. The highest BCUT2D eigenvalue weighted by molar-refractivity contribution is 5.74. The number of carboxylic acid groups (broad SMARTS) is 1. The Kier molecular flexibility index (Phi) is 4.31. The summed E-state index contributed by atoms with van der Waals surface area (Å²) in [5.74, 6) is 1.32. The highest BCUT2D eigenvalue weighted by atomic mass is 16.4. The minimum Gasteiger partial charge on any atom is -0.480 e. The van der Waals surface area contributed by atoms with Gasteiger partial charge >= 0.3 is 5.97 Å². The Balaban J connectivity index is 1.95. The van der Waals surface area contributed by atoms with Gasteiger partial charge in [0, 0.05) is 6.04 Å². The van der Waals surface area contributed by atoms with E-state index in [9.17, 15) is 9.90 Å². The molecule has 1 N–H and O–H groups in total. The van der Waals surface area contributed by atoms with Crippen LogP contribution in [0.2, 0.25) is 0 Å². The molecule has 1 heterocycles. The molecule has 3 heteroatoms. The largest absolute Gasteiger partial charge is 0.480 e. The predicted octanol–water partition coefficient (Wildman–Crippen LogP) is 3.00. The first-order chi connectivity index (χ1) is 8.50. The van der Waals surface area contributed by atoms with Crippen molar-refractivity contribution in [3.05, 3.63) is 0 Å². The first-order valence-electron chi connectivity index (χ1n) is 7.49. The third-order valence-electron chi connectivity index (χ3n) is 5.15. The Morgan fingerprint density at radius 1 is 1.17 bits per heavy atom. The fourth-order valence-electron chi connectivity index (χ4n) is 3.87. The van der Waals surface area contributed by atoms with Gasteiger partial charge in [-0.15, -0.1) is 0 Å². The number of likely N-dealkylation sites (tertiary alicyclic amines) is 1. The van der Waals surface area contributed by atoms with Gasteiger partial charge in [0.05, 0.1) is 0 Å². The minimum atomic E-state index is -0.619. The number of carbonyl (C=O) groups is 1. The number of hydrogen-bond donors (Lipinski definition) is 1. The molecular formula is C15H27NO2. The van der Waals surface area contributed by atoms with Crippen molar-refractivity contribution in [1.82, 2.24) is 4.90 Å². The second-order valence-electron chi connectivity index (χ2n) is 6.60. The van der Waals surface area contributed by atoms with Gasteiger partial charge in [-0.2, -0.15) is 0 Å². The molecule has 3 nitrogen and oxygen atoms in total. The summed E-state index contributed by atoms with van der Waals surface area (Å²) >= 11 is 0. The predicted molar refractivity (Wildman–Crippen MR) is 72.5 cm³/mol. The zero-order valence-electron chi connectivity index (χ0n) is 11.9. The first kappa shape index (κ1) is 13.9. The van der Waals surface area contributed by atoms with Crippen molar-refractivity contribution in [3.63, 3.8) is 0 Å². The molecule has 2 aliphatic rings. The molecule has 0 radical (unpaired) electrons. The summed E-state index contributed by atoms with van der Waals surface area (Å²) < 4.78 is 0. The van der Waals surface area contributed by atoms with E-state index in [1.165, 1.54) is 25.7 Å². The van der Waals surface area contributed by atoms with Crippen LogP contribution in [0.4, 0.5) is 0 Å². The molecule has 2 rings (SSSR count). The maximum Gasteiger partial charge on any atom is 0.321 e. The zero-order chi connectivity index (χ0) is 13.3. The summed E-state index contributed by atoms with van der Waals surface area (Å²) in [6, 6.07) is 0.289. The van der Waals surface area contributed by atoms with Gasteiger partial charge in [0.25, 0.3) is 0 Å². The Labute approximate surface area is 111 Å². The molecule has 104 valence electrons. The third-order valence-corrected chi connectivity index (χ3v) is 5.15. The lowest BCUT2D eigenvalue weighted by Gasteiger charge is -2.38. The van der Waals surface area contributed by atoms with E-state index in [-0.39, 0.29) is 6.04 Å². The molecule has 18 heavy (non-hydrogen) atoms. The van der Waals surface area contributed by atoms with Gasteiger partial charge < -0.3 is 5.11 Å². The van der Waals surface area contributed by atoms with Gasteiger partial charge in [-0.1, -0.05) is 20.8 Å². The number of carboxylic acids is 1. The Hall–Kier alpha value is -0.570. The van der Waals surface area contributed by atoms with Crippen LogP contribution < -0.4 is 0 Å². The van der Waals surface area contributed by atoms with E-state index in [1.807, 2.05) is 0 Å². The van der Waals surface area contributed by atoms with Gasteiger partial charge in [-0.3, -0.25) is 9.69 Å². The van der Waals surface area contributed by atoms with E-state index in [0.29, 0.717) is 12.0 Å². The summed E-state index contributed by atoms with van der Waals surface area (Å²) in [6.45, 7) is 7.68. The summed E-state index contributed by atoms with van der Waals surface area (Å²) in [5.41, 5.74) is 0. The quantitative estimate of drug-likeness (QED) is 0.840. The molecule has 0 spiro atoms. The molecule has 1 saturated heterocycles. The number of rotatable bonds is 3. The summed E-state index contributed by atoms with van der Waals surface area (Å²) in [6.07, 6.45) is 5.98. The standard InChI is InChI=1S/C15H27NO2/c1-10(2)12-4-6-13(7-5-12)16-9-8-11(3)14(16)15(17)18/h10-14H,4-9H2,1-3H3,(H,17,18). The molecule has 0 aromatic rings. The van der Waals surface area contributed by atoms with E-state index in [1.54, 1.807) is 0 Å². The molecule has 0 amide bonds. The molecule has 0 bridgehead atoms. The van der Waals surface area contributed by atoms with Crippen LogP contribution in [0.5, 0.6) is 0 Å². The van der Waals surface area contributed by atoms with Crippen LogP contribution in [0.1, 0.15) is 52.9 Å². The molecule has 2 unspecified atom stereocenters. The monoisotopic (exact) mass is 253 g/mol. The van der Waals surface area contributed by atoms with Crippen molar-refractivity contribution in [1.29, 1.82) is 0 Å². The van der Waals surface area contributed by atoms with E-state index < -0.39 is 5.97 Å². The topological polar surface area (TPSA) is 40.5 Å². The smallest absolute Gasteiger partial charge is 0.321 e. The highest BCUT2D eigenvalue weighted by Gasteiger charge is 2.41. The van der Waals surface area contributed by atoms with Crippen LogP contribution >= 0.6 is 0 Å². The van der Waals surface area contributed by atoms with E-state index in [4.69, 9.17) is 0 Å². The third kappa shape index (κ3) is 2.71. The Bertz CT molecular complexity index is 295. The average Bonchev–Trinajstić information content (AvgIpc) is 2.71. The summed E-state index contributed by atoms with van der Waals surface area (Å²) in [4.78, 5) is 13.7. The van der Waals surface area contributed by atoms with Gasteiger partial charge in [-0.05, 0) is 56.4 Å². The number of nitrogens with zero attached hydrogens (tertiary/aromatic N) is 1. The van der Waals surface area contributed by atoms with Crippen LogP contribution in [0.3, 0.4) is 0 Å². The average molecular weight is 253 g/mol. The van der Waals surface area contributed by atoms with Crippen molar-refractivity contribution >= 4 is 5.97 Å². The maximum absolute atomic E-state index is 11.4. The molecule has 1 saturated carbocycles. The Morgan fingerprint density at radius 2 is 1.78 bits per heavy atom. The molecule has 0 aromatic heterocycles. The molecule has 2 atom stereocenters. The second-order valence-corrected chi connectivity index (χ2v) is 6.60. The van der Waals surface area contributed by atoms with Gasteiger partial charge in [0.2, 0.25) is 0 Å². The lowest BCUT2D eigenvalue weighted by atomic mass is 9.79. The maximum atomic E-state index is 11.4. The Morgan fingerprint density at radius 3 is 2.28 bits per heavy atom. The lowest BCUT2D eigenvalue weighted by molar-refractivity contribution is -0.144. The second kappa shape index (κ2) is 5.60. The van der Waals surface area contributed by atoms with Gasteiger partial charge in [-0.25, -0.2) is 0 Å². The number of hydrogen-bond acceptors (Lipinski definition) is 2. The number of aliphatic carboxylic acids is 1. The van der Waals surface area contributed by atoms with E-state index in [0.717, 1.165) is 24.8 Å². The summed E-state index contributed by atoms with van der Waals surface area (Å²) in [5, 5.41) is 9.38. The molecule has 0 aromatic carbocycles. The van der Waals surface area contributed by atoms with Crippen molar-refractivity contribution in [2.24, 2.45) is 17.8 Å². The van der Waals surface area contributed by atoms with Crippen LogP contribution in [0.15, 0.2) is 0 Å². The minimum absolute atomic E-state index is 0.231. The van der Waals surface area contributed by atoms with Gasteiger partial charge in [0.1, 0.15) is 6.04 Å². The fraction of sp³-hybridized carbons (Fsp3) is 0.933. The summed E-state index contributed by atoms with van der Waals surface area (Å²) in [7, 11) is 0. The fourth-order valence-corrected chi connectivity index (χ4v) is 3.87. The van der Waals surface area contributed by atoms with E-state index >= 15 is 0 Å². The van der Waals surface area contributed by atoms with E-state index in [2.05, 4.69) is 25.7 Å². The van der Waals surface area contributed by atoms with Crippen LogP contribution in [0.25, 0.3) is 0 Å². The van der Waals surface area contributed by atoms with Gasteiger partial charge in [0.15, 0.2) is 0 Å². The van der Waals surface area contributed by atoms with Crippen molar-refractivity contribution in [3.8, 4) is 0 Å². The lowest BCUT2D eigenvalue weighted by Crippen LogP contribution is -2.46. The van der Waals surface area contributed by atoms with Crippen molar-refractivity contribution in [2.75, 3.05) is 6.54 Å².